The zero-order valence-corrected chi connectivity index (χ0v) is 10.9. The summed E-state index contributed by atoms with van der Waals surface area (Å²) in [5.74, 6) is -0.616. The Labute approximate surface area is 107 Å². The number of hydrogen-bond donors (Lipinski definition) is 1. The van der Waals surface area contributed by atoms with E-state index in [0.717, 1.165) is 0 Å². The van der Waals surface area contributed by atoms with E-state index in [1.807, 2.05) is 19.0 Å². The van der Waals surface area contributed by atoms with Crippen molar-refractivity contribution in [3.05, 3.63) is 41.5 Å². The number of aromatic nitrogens is 1. The van der Waals surface area contributed by atoms with Crippen LogP contribution in [0.25, 0.3) is 0 Å². The van der Waals surface area contributed by atoms with Crippen molar-refractivity contribution >= 4 is 5.91 Å². The van der Waals surface area contributed by atoms with Gasteiger partial charge in [0.25, 0.3) is 0 Å². The van der Waals surface area contributed by atoms with Gasteiger partial charge in [-0.2, -0.15) is 0 Å². The number of aryl methyl sites for hydroxylation is 1. The van der Waals surface area contributed by atoms with E-state index in [0.29, 0.717) is 12.1 Å². The van der Waals surface area contributed by atoms with Crippen LogP contribution in [0, 0.1) is 12.7 Å². The van der Waals surface area contributed by atoms with E-state index in [9.17, 15) is 9.18 Å². The van der Waals surface area contributed by atoms with Crippen LogP contribution >= 0.6 is 0 Å². The monoisotopic (exact) mass is 251 g/mol. The summed E-state index contributed by atoms with van der Waals surface area (Å²) in [7, 11) is 3.82. The highest BCUT2D eigenvalue weighted by atomic mass is 19.1. The first-order valence-corrected chi connectivity index (χ1v) is 5.69. The molecule has 98 valence electrons. The van der Waals surface area contributed by atoms with Gasteiger partial charge < -0.3 is 10.2 Å². The van der Waals surface area contributed by atoms with Crippen molar-refractivity contribution in [2.24, 2.45) is 0 Å². The van der Waals surface area contributed by atoms with Gasteiger partial charge in [0.1, 0.15) is 5.82 Å². The van der Waals surface area contributed by atoms with Gasteiger partial charge in [0.2, 0.25) is 5.91 Å². The van der Waals surface area contributed by atoms with E-state index in [1.165, 1.54) is 12.3 Å². The number of pyridine rings is 1. The summed E-state index contributed by atoms with van der Waals surface area (Å²) in [6.45, 7) is 2.45. The average Bonchev–Trinajstić information content (AvgIpc) is 2.30. The Bertz CT molecular complexity index is 444. The summed E-state index contributed by atoms with van der Waals surface area (Å²) in [6.07, 6.45) is 4.71. The number of likely N-dealkylation sites (N-methyl/N-ethyl adjacent to an activating group) is 1. The summed E-state index contributed by atoms with van der Waals surface area (Å²) < 4.78 is 13.6. The smallest absolute Gasteiger partial charge is 0.244 e. The van der Waals surface area contributed by atoms with Crippen LogP contribution in [0.5, 0.6) is 0 Å². The van der Waals surface area contributed by atoms with Crippen LogP contribution in [0.1, 0.15) is 11.3 Å². The van der Waals surface area contributed by atoms with E-state index >= 15 is 0 Å². The number of halogens is 1. The lowest BCUT2D eigenvalue weighted by Gasteiger charge is -2.06. The molecule has 18 heavy (non-hydrogen) atoms. The van der Waals surface area contributed by atoms with E-state index < -0.39 is 0 Å². The molecule has 1 amide bonds. The molecule has 0 unspecified atom stereocenters. The second-order valence-corrected chi connectivity index (χ2v) is 4.27. The first-order chi connectivity index (χ1) is 8.50. The molecule has 0 radical (unpaired) electrons. The quantitative estimate of drug-likeness (QED) is 0.801. The van der Waals surface area contributed by atoms with Gasteiger partial charge in [0, 0.05) is 18.8 Å². The minimum absolute atomic E-state index is 0.0959. The Balaban J connectivity index is 2.48. The number of rotatable bonds is 5. The molecule has 1 rings (SSSR count). The molecule has 1 N–H and O–H groups in total. The van der Waals surface area contributed by atoms with Gasteiger partial charge in [0.05, 0.1) is 12.2 Å². The maximum absolute atomic E-state index is 13.6. The number of hydrogen-bond acceptors (Lipinski definition) is 3. The molecule has 0 fully saturated rings. The van der Waals surface area contributed by atoms with Gasteiger partial charge in [-0.3, -0.25) is 9.78 Å². The molecule has 0 atom stereocenters. The second-order valence-electron chi connectivity index (χ2n) is 4.27. The first kappa shape index (κ1) is 14.3. The molecule has 1 aromatic heterocycles. The number of nitrogens with one attached hydrogen (secondary N) is 1. The van der Waals surface area contributed by atoms with Gasteiger partial charge in [-0.15, -0.1) is 0 Å². The zero-order valence-electron chi connectivity index (χ0n) is 10.9. The van der Waals surface area contributed by atoms with Crippen molar-refractivity contribution in [3.8, 4) is 0 Å². The molecule has 4 nitrogen and oxygen atoms in total. The maximum atomic E-state index is 13.6. The summed E-state index contributed by atoms with van der Waals surface area (Å²) >= 11 is 0. The van der Waals surface area contributed by atoms with Crippen LogP contribution in [-0.4, -0.2) is 36.4 Å². The van der Waals surface area contributed by atoms with Crippen LogP contribution < -0.4 is 5.32 Å². The Hall–Kier alpha value is -1.75. The Morgan fingerprint density at radius 1 is 1.56 bits per heavy atom. The molecule has 0 aromatic carbocycles. The highest BCUT2D eigenvalue weighted by Gasteiger charge is 2.06. The minimum atomic E-state index is -0.366. The van der Waals surface area contributed by atoms with Crippen molar-refractivity contribution < 1.29 is 9.18 Å². The van der Waals surface area contributed by atoms with Crippen LogP contribution in [0.3, 0.4) is 0 Å². The molecule has 0 saturated heterocycles. The lowest BCUT2D eigenvalue weighted by Crippen LogP contribution is -2.22. The maximum Gasteiger partial charge on any atom is 0.244 e. The highest BCUT2D eigenvalue weighted by Crippen LogP contribution is 2.08. The largest absolute Gasteiger partial charge is 0.347 e. The number of carbonyl (C=O) groups is 1. The van der Waals surface area contributed by atoms with Crippen molar-refractivity contribution in [3.63, 3.8) is 0 Å². The molecule has 1 aromatic rings. The molecule has 0 aliphatic rings. The SMILES string of the molecule is Cc1ccnc(CNC(=O)/C=C/CN(C)C)c1F. The van der Waals surface area contributed by atoms with Crippen LogP contribution in [0.4, 0.5) is 4.39 Å². The topological polar surface area (TPSA) is 45.2 Å². The predicted molar refractivity (Wildman–Crippen MR) is 68.5 cm³/mol. The molecular formula is C13H18FN3O. The molecular weight excluding hydrogens is 233 g/mol. The minimum Gasteiger partial charge on any atom is -0.347 e. The van der Waals surface area contributed by atoms with Crippen molar-refractivity contribution in [1.29, 1.82) is 0 Å². The highest BCUT2D eigenvalue weighted by molar-refractivity contribution is 5.87. The number of amides is 1. The second kappa shape index (κ2) is 6.86. The van der Waals surface area contributed by atoms with E-state index in [2.05, 4.69) is 10.3 Å². The third-order valence-corrected chi connectivity index (χ3v) is 2.32. The predicted octanol–water partition coefficient (Wildman–Crippen LogP) is 1.26. The Kier molecular flexibility index (Phi) is 5.45. The zero-order chi connectivity index (χ0) is 13.5. The Morgan fingerprint density at radius 2 is 2.28 bits per heavy atom. The molecule has 0 saturated carbocycles. The summed E-state index contributed by atoms with van der Waals surface area (Å²) in [5.41, 5.74) is 0.779. The molecule has 0 spiro atoms. The van der Waals surface area contributed by atoms with Gasteiger partial charge in [-0.25, -0.2) is 4.39 Å². The van der Waals surface area contributed by atoms with Crippen molar-refractivity contribution in [2.45, 2.75) is 13.5 Å². The number of nitrogens with zero attached hydrogens (tertiary/aromatic N) is 2. The molecule has 0 bridgehead atoms. The van der Waals surface area contributed by atoms with E-state index in [4.69, 9.17) is 0 Å². The van der Waals surface area contributed by atoms with Crippen molar-refractivity contribution in [2.75, 3.05) is 20.6 Å². The van der Waals surface area contributed by atoms with Crippen LogP contribution in [0.2, 0.25) is 0 Å². The molecule has 0 aliphatic heterocycles. The lowest BCUT2D eigenvalue weighted by molar-refractivity contribution is -0.116. The average molecular weight is 251 g/mol. The van der Waals surface area contributed by atoms with Gasteiger partial charge in [-0.1, -0.05) is 6.08 Å². The normalized spacial score (nSPS) is 11.2. The van der Waals surface area contributed by atoms with E-state index in [-0.39, 0.29) is 24.0 Å². The van der Waals surface area contributed by atoms with Crippen LogP contribution in [0.15, 0.2) is 24.4 Å². The Morgan fingerprint density at radius 3 is 2.94 bits per heavy atom. The molecule has 0 aliphatic carbocycles. The summed E-state index contributed by atoms with van der Waals surface area (Å²) in [5, 5.41) is 2.59. The first-order valence-electron chi connectivity index (χ1n) is 5.69. The molecule has 1 heterocycles. The fourth-order valence-corrected chi connectivity index (χ4v) is 1.32. The number of carbonyl (C=O) groups excluding carboxylic acids is 1. The fraction of sp³-hybridized carbons (Fsp3) is 0.385. The van der Waals surface area contributed by atoms with Gasteiger partial charge in [-0.05, 0) is 32.6 Å². The summed E-state index contributed by atoms with van der Waals surface area (Å²) in [6, 6.07) is 1.59. The third kappa shape index (κ3) is 4.63. The lowest BCUT2D eigenvalue weighted by atomic mass is 10.2. The van der Waals surface area contributed by atoms with Gasteiger partial charge in [0.15, 0.2) is 0 Å². The molecule has 5 heteroatoms. The third-order valence-electron chi connectivity index (χ3n) is 2.32. The fourth-order valence-electron chi connectivity index (χ4n) is 1.32. The standard InChI is InChI=1S/C13H18FN3O/c1-10-6-7-15-11(13(10)14)9-16-12(18)5-4-8-17(2)3/h4-7H,8-9H2,1-3H3,(H,16,18)/b5-4+. The van der Waals surface area contributed by atoms with Gasteiger partial charge >= 0.3 is 0 Å². The van der Waals surface area contributed by atoms with Crippen molar-refractivity contribution in [1.82, 2.24) is 15.2 Å². The summed E-state index contributed by atoms with van der Waals surface area (Å²) in [4.78, 5) is 17.3. The van der Waals surface area contributed by atoms with Crippen LogP contribution in [-0.2, 0) is 11.3 Å². The van der Waals surface area contributed by atoms with E-state index in [1.54, 1.807) is 19.1 Å².